The highest BCUT2D eigenvalue weighted by molar-refractivity contribution is 6.07. The lowest BCUT2D eigenvalue weighted by Gasteiger charge is -2.28. The van der Waals surface area contributed by atoms with Crippen LogP contribution in [0.1, 0.15) is 70.9 Å². The molecule has 1 aromatic heterocycles. The number of hydrogen-bond acceptors (Lipinski definition) is 3. The van der Waals surface area contributed by atoms with Crippen LogP contribution in [-0.4, -0.2) is 24.2 Å². The summed E-state index contributed by atoms with van der Waals surface area (Å²) in [6.07, 6.45) is 9.96. The van der Waals surface area contributed by atoms with Crippen molar-refractivity contribution in [3.8, 4) is 11.1 Å². The minimum atomic E-state index is -0.231. The standard InChI is InChI=1S/C28H34N2O2/c1-4-32-28(31)27-23-14-13-20(16-24(23)30(3)25(27)17-29-2)26-21-11-7-5-9-18(21)15-19-10-6-8-12-22(19)26/h13-16,29H,4-12,17H2,1-3H3. The Balaban J connectivity index is 1.73. The van der Waals surface area contributed by atoms with E-state index in [0.717, 1.165) is 16.6 Å². The van der Waals surface area contributed by atoms with Crippen molar-refractivity contribution in [1.29, 1.82) is 0 Å². The van der Waals surface area contributed by atoms with Gasteiger partial charge in [-0.1, -0.05) is 18.2 Å². The fourth-order valence-electron chi connectivity index (χ4n) is 5.94. The maximum absolute atomic E-state index is 12.8. The molecule has 0 aliphatic heterocycles. The Labute approximate surface area is 191 Å². The third-order valence-corrected chi connectivity index (χ3v) is 7.41. The SMILES string of the molecule is CCOC(=O)c1c(CNC)n(C)c2cc(-c3c4c(cc5c3CCCC5)CCCC4)ccc12. The molecule has 4 heteroatoms. The van der Waals surface area contributed by atoms with Crippen LogP contribution >= 0.6 is 0 Å². The molecule has 0 radical (unpaired) electrons. The lowest BCUT2D eigenvalue weighted by molar-refractivity contribution is 0.0527. The van der Waals surface area contributed by atoms with Crippen molar-refractivity contribution >= 4 is 16.9 Å². The average Bonchev–Trinajstić information content (AvgIpc) is 3.09. The molecule has 0 unspecified atom stereocenters. The summed E-state index contributed by atoms with van der Waals surface area (Å²) in [4.78, 5) is 12.8. The van der Waals surface area contributed by atoms with E-state index < -0.39 is 0 Å². The molecular weight excluding hydrogens is 396 g/mol. The van der Waals surface area contributed by atoms with E-state index in [1.165, 1.54) is 62.5 Å². The molecule has 4 nitrogen and oxygen atoms in total. The Morgan fingerprint density at radius 3 is 2.28 bits per heavy atom. The second-order valence-electron chi connectivity index (χ2n) is 9.30. The molecule has 2 aromatic carbocycles. The molecule has 0 fully saturated rings. The van der Waals surface area contributed by atoms with Crippen molar-refractivity contribution in [2.75, 3.05) is 13.7 Å². The maximum Gasteiger partial charge on any atom is 0.340 e. The van der Waals surface area contributed by atoms with Crippen molar-refractivity contribution in [2.24, 2.45) is 7.05 Å². The monoisotopic (exact) mass is 430 g/mol. The first-order valence-electron chi connectivity index (χ1n) is 12.2. The average molecular weight is 431 g/mol. The van der Waals surface area contributed by atoms with E-state index in [1.54, 1.807) is 22.3 Å². The van der Waals surface area contributed by atoms with Crippen LogP contribution in [0.3, 0.4) is 0 Å². The molecule has 0 amide bonds. The van der Waals surface area contributed by atoms with Crippen LogP contribution < -0.4 is 5.32 Å². The summed E-state index contributed by atoms with van der Waals surface area (Å²) in [5.74, 6) is -0.231. The molecule has 2 aliphatic carbocycles. The van der Waals surface area contributed by atoms with Crippen molar-refractivity contribution in [3.05, 3.63) is 57.8 Å². The first-order valence-corrected chi connectivity index (χ1v) is 12.2. The van der Waals surface area contributed by atoms with Crippen molar-refractivity contribution < 1.29 is 9.53 Å². The zero-order valence-electron chi connectivity index (χ0n) is 19.6. The zero-order chi connectivity index (χ0) is 22.2. The van der Waals surface area contributed by atoms with Crippen LogP contribution in [-0.2, 0) is 44.0 Å². The highest BCUT2D eigenvalue weighted by Gasteiger charge is 2.25. The number of fused-ring (bicyclic) bond motifs is 3. The van der Waals surface area contributed by atoms with Crippen molar-refractivity contribution in [1.82, 2.24) is 9.88 Å². The van der Waals surface area contributed by atoms with Gasteiger partial charge < -0.3 is 14.6 Å². The predicted molar refractivity (Wildman–Crippen MR) is 130 cm³/mol. The number of ether oxygens (including phenoxy) is 1. The van der Waals surface area contributed by atoms with E-state index in [0.29, 0.717) is 18.7 Å². The molecule has 0 spiro atoms. The van der Waals surface area contributed by atoms with Gasteiger partial charge in [-0.25, -0.2) is 4.79 Å². The molecule has 0 saturated heterocycles. The molecule has 1 heterocycles. The quantitative estimate of drug-likeness (QED) is 0.544. The van der Waals surface area contributed by atoms with Gasteiger partial charge in [0.25, 0.3) is 0 Å². The molecule has 168 valence electrons. The van der Waals surface area contributed by atoms with E-state index in [4.69, 9.17) is 4.74 Å². The van der Waals surface area contributed by atoms with Crippen LogP contribution in [0.25, 0.3) is 22.0 Å². The summed E-state index contributed by atoms with van der Waals surface area (Å²) < 4.78 is 7.59. The van der Waals surface area contributed by atoms with Crippen molar-refractivity contribution in [3.63, 3.8) is 0 Å². The van der Waals surface area contributed by atoms with Gasteiger partial charge in [0.15, 0.2) is 0 Å². The Morgan fingerprint density at radius 1 is 1.00 bits per heavy atom. The van der Waals surface area contributed by atoms with Crippen LogP contribution in [0.15, 0.2) is 24.3 Å². The third kappa shape index (κ3) is 3.45. The smallest absolute Gasteiger partial charge is 0.340 e. The summed E-state index contributed by atoms with van der Waals surface area (Å²) in [6, 6.07) is 9.23. The lowest BCUT2D eigenvalue weighted by atomic mass is 9.77. The van der Waals surface area contributed by atoms with E-state index in [1.807, 2.05) is 14.0 Å². The number of carbonyl (C=O) groups excluding carboxylic acids is 1. The number of benzene rings is 2. The van der Waals surface area contributed by atoms with Gasteiger partial charge in [0, 0.05) is 30.2 Å². The van der Waals surface area contributed by atoms with Crippen LogP contribution in [0, 0.1) is 0 Å². The number of hydrogen-bond donors (Lipinski definition) is 1. The van der Waals surface area contributed by atoms with Gasteiger partial charge in [0.05, 0.1) is 12.2 Å². The molecule has 0 saturated carbocycles. The molecule has 5 rings (SSSR count). The summed E-state index contributed by atoms with van der Waals surface area (Å²) in [6.45, 7) is 2.87. The van der Waals surface area contributed by atoms with E-state index in [9.17, 15) is 4.79 Å². The van der Waals surface area contributed by atoms with E-state index in [2.05, 4.69) is 41.2 Å². The molecule has 0 atom stereocenters. The number of rotatable bonds is 5. The molecule has 32 heavy (non-hydrogen) atoms. The number of nitrogens with zero attached hydrogens (tertiary/aromatic N) is 1. The molecule has 0 bridgehead atoms. The molecule has 1 N–H and O–H groups in total. The van der Waals surface area contributed by atoms with Crippen molar-refractivity contribution in [2.45, 2.75) is 64.8 Å². The molecule has 2 aliphatic rings. The van der Waals surface area contributed by atoms with Gasteiger partial charge in [0.1, 0.15) is 0 Å². The molecule has 3 aromatic rings. The van der Waals surface area contributed by atoms with Crippen LogP contribution in [0.4, 0.5) is 0 Å². The Bertz CT molecular complexity index is 1150. The van der Waals surface area contributed by atoms with Crippen LogP contribution in [0.2, 0.25) is 0 Å². The van der Waals surface area contributed by atoms with Gasteiger partial charge >= 0.3 is 5.97 Å². The normalized spacial score (nSPS) is 15.5. The first kappa shape index (κ1) is 21.3. The van der Waals surface area contributed by atoms with Gasteiger partial charge in [-0.2, -0.15) is 0 Å². The summed E-state index contributed by atoms with van der Waals surface area (Å²) >= 11 is 0. The van der Waals surface area contributed by atoms with Gasteiger partial charge in [0.2, 0.25) is 0 Å². The molecular formula is C28H34N2O2. The second kappa shape index (κ2) is 8.74. The predicted octanol–water partition coefficient (Wildman–Crippen LogP) is 5.50. The fraction of sp³-hybridized carbons (Fsp3) is 0.464. The number of aromatic nitrogens is 1. The summed E-state index contributed by atoms with van der Waals surface area (Å²) in [5.41, 5.74) is 11.9. The fourth-order valence-corrected chi connectivity index (χ4v) is 5.94. The topological polar surface area (TPSA) is 43.3 Å². The first-order chi connectivity index (χ1) is 15.6. The number of aryl methyl sites for hydroxylation is 3. The third-order valence-electron chi connectivity index (χ3n) is 7.41. The number of carbonyl (C=O) groups is 1. The Hall–Kier alpha value is -2.59. The van der Waals surface area contributed by atoms with Gasteiger partial charge in [-0.15, -0.1) is 0 Å². The zero-order valence-corrected chi connectivity index (χ0v) is 19.6. The highest BCUT2D eigenvalue weighted by Crippen LogP contribution is 2.41. The number of esters is 1. The van der Waals surface area contributed by atoms with E-state index >= 15 is 0 Å². The summed E-state index contributed by atoms with van der Waals surface area (Å²) in [5, 5.41) is 4.21. The lowest BCUT2D eigenvalue weighted by Crippen LogP contribution is -2.14. The van der Waals surface area contributed by atoms with Gasteiger partial charge in [-0.3, -0.25) is 0 Å². The Morgan fingerprint density at radius 2 is 1.66 bits per heavy atom. The van der Waals surface area contributed by atoms with Crippen LogP contribution in [0.5, 0.6) is 0 Å². The second-order valence-corrected chi connectivity index (χ2v) is 9.30. The minimum Gasteiger partial charge on any atom is -0.462 e. The largest absolute Gasteiger partial charge is 0.462 e. The number of nitrogens with one attached hydrogen (secondary N) is 1. The summed E-state index contributed by atoms with van der Waals surface area (Å²) in [7, 11) is 3.98. The highest BCUT2D eigenvalue weighted by atomic mass is 16.5. The maximum atomic E-state index is 12.8. The Kier molecular flexibility index (Phi) is 5.81. The minimum absolute atomic E-state index is 0.231. The van der Waals surface area contributed by atoms with E-state index in [-0.39, 0.29) is 5.97 Å². The van der Waals surface area contributed by atoms with Gasteiger partial charge in [-0.05, 0) is 105 Å².